The maximum atomic E-state index is 13.9. The monoisotopic (exact) mass is 364 g/mol. The lowest BCUT2D eigenvalue weighted by atomic mass is 9.91. The number of azo groups is 1. The number of hydrogen-bond acceptors (Lipinski definition) is 5. The van der Waals surface area contributed by atoms with Gasteiger partial charge in [0.15, 0.2) is 5.78 Å². The molecule has 0 fully saturated rings. The first kappa shape index (κ1) is 17.6. The van der Waals surface area contributed by atoms with Crippen molar-refractivity contribution in [3.63, 3.8) is 0 Å². The van der Waals surface area contributed by atoms with E-state index in [1.54, 1.807) is 24.5 Å². The van der Waals surface area contributed by atoms with Crippen LogP contribution in [0.3, 0.4) is 0 Å². The van der Waals surface area contributed by atoms with Gasteiger partial charge in [0.2, 0.25) is 11.3 Å². The Balaban J connectivity index is 1.71. The summed E-state index contributed by atoms with van der Waals surface area (Å²) < 4.78 is 35.5. The van der Waals surface area contributed by atoms with Gasteiger partial charge in [0.05, 0.1) is 5.92 Å². The van der Waals surface area contributed by atoms with Gasteiger partial charge >= 0.3 is 0 Å². The van der Waals surface area contributed by atoms with Crippen LogP contribution in [0.5, 0.6) is 0 Å². The second-order valence-corrected chi connectivity index (χ2v) is 6.52. The number of halogens is 1. The summed E-state index contributed by atoms with van der Waals surface area (Å²) in [6.07, 6.45) is 5.69. The van der Waals surface area contributed by atoms with Gasteiger partial charge in [-0.3, -0.25) is 9.35 Å². The molecule has 132 valence electrons. The molecule has 9 heteroatoms. The van der Waals surface area contributed by atoms with Crippen molar-refractivity contribution in [2.45, 2.75) is 19.0 Å². The lowest BCUT2D eigenvalue weighted by Gasteiger charge is -2.16. The number of nitrogens with zero attached hydrogens (tertiary/aromatic N) is 2. The molecule has 0 amide bonds. The van der Waals surface area contributed by atoms with Crippen molar-refractivity contribution in [2.75, 3.05) is 6.54 Å². The third-order valence-corrected chi connectivity index (χ3v) is 4.46. The van der Waals surface area contributed by atoms with E-state index in [-0.39, 0.29) is 23.4 Å². The smallest absolute Gasteiger partial charge is 0.231 e. The van der Waals surface area contributed by atoms with Gasteiger partial charge in [0.25, 0.3) is 0 Å². The number of hydrogen-bond donors (Lipinski definition) is 3. The molecule has 0 aliphatic carbocycles. The van der Waals surface area contributed by atoms with Crippen LogP contribution in [0, 0.1) is 11.7 Å². The fourth-order valence-corrected chi connectivity index (χ4v) is 3.18. The lowest BCUT2D eigenvalue weighted by molar-refractivity contribution is 0.102. The molecule has 2 aliphatic heterocycles. The van der Waals surface area contributed by atoms with Crippen molar-refractivity contribution in [3.8, 4) is 0 Å². The quantitative estimate of drug-likeness (QED) is 0.391. The van der Waals surface area contributed by atoms with E-state index >= 15 is 0 Å². The predicted octanol–water partition coefficient (Wildman–Crippen LogP) is 2.08. The number of carbonyl (C=O) groups is 1. The molecule has 2 heterocycles. The molecule has 3 atom stereocenters. The Kier molecular flexibility index (Phi) is 5.47. The zero-order chi connectivity index (χ0) is 17.8. The second-order valence-electron chi connectivity index (χ2n) is 5.73. The summed E-state index contributed by atoms with van der Waals surface area (Å²) in [4.78, 5) is 12.8. The lowest BCUT2D eigenvalue weighted by Crippen LogP contribution is -2.26. The summed E-state index contributed by atoms with van der Waals surface area (Å²) in [5.74, 6) is -0.945. The van der Waals surface area contributed by atoms with Crippen LogP contribution < -0.4 is 10.0 Å². The summed E-state index contributed by atoms with van der Waals surface area (Å²) in [6.45, 7) is 0.317. The van der Waals surface area contributed by atoms with Crippen LogP contribution in [-0.4, -0.2) is 27.3 Å². The van der Waals surface area contributed by atoms with Crippen LogP contribution in [0.2, 0.25) is 0 Å². The van der Waals surface area contributed by atoms with Gasteiger partial charge < -0.3 is 5.32 Å². The van der Waals surface area contributed by atoms with Crippen LogP contribution in [0.1, 0.15) is 22.3 Å². The van der Waals surface area contributed by atoms with Crippen molar-refractivity contribution in [3.05, 3.63) is 59.2 Å². The average Bonchev–Trinajstić information content (AvgIpc) is 3.01. The Labute approximate surface area is 146 Å². The highest BCUT2D eigenvalue weighted by Gasteiger charge is 2.33. The molecule has 1 aromatic carbocycles. The van der Waals surface area contributed by atoms with Gasteiger partial charge in [-0.1, -0.05) is 6.08 Å². The van der Waals surface area contributed by atoms with Crippen molar-refractivity contribution in [1.82, 2.24) is 10.0 Å². The number of fused-ring (bicyclic) bond motifs is 1. The first-order chi connectivity index (χ1) is 12.0. The molecule has 0 aromatic heterocycles. The zero-order valence-corrected chi connectivity index (χ0v) is 14.0. The normalized spacial score (nSPS) is 22.2. The molecular formula is C16H17FN4O3S. The largest absolute Gasteiger partial charge is 0.367 e. The molecule has 0 bridgehead atoms. The van der Waals surface area contributed by atoms with Crippen LogP contribution >= 0.6 is 0 Å². The molecule has 3 N–H and O–H groups in total. The Morgan fingerprint density at radius 3 is 3.04 bits per heavy atom. The summed E-state index contributed by atoms with van der Waals surface area (Å²) in [7, 11) is 0. The molecule has 25 heavy (non-hydrogen) atoms. The van der Waals surface area contributed by atoms with Gasteiger partial charge in [-0.15, -0.1) is 0 Å². The Hall–Kier alpha value is -2.23. The topological polar surface area (TPSA) is 103 Å². The molecule has 2 aliphatic rings. The molecule has 0 radical (unpaired) electrons. The number of rotatable bonds is 7. The van der Waals surface area contributed by atoms with Crippen molar-refractivity contribution >= 4 is 17.0 Å². The molecule has 0 saturated carbocycles. The number of nitrogens with one attached hydrogen (secondary N) is 2. The standard InChI is InChI=1S/C16H17FN4O3S/c17-12-7-10(2-1-4-20-25(23)24)6-11(8-12)15(22)14-9-18-16-13(14)3-5-19-21-16/h3,5-9,13,16,18,20H,1-2,4H2,(H,23,24). The maximum absolute atomic E-state index is 13.9. The maximum Gasteiger partial charge on any atom is 0.231 e. The third kappa shape index (κ3) is 4.25. The second kappa shape index (κ2) is 7.77. The van der Waals surface area contributed by atoms with Gasteiger partial charge in [-0.05, 0) is 36.6 Å². The van der Waals surface area contributed by atoms with E-state index in [0.717, 1.165) is 0 Å². The average molecular weight is 364 g/mol. The molecule has 1 aromatic rings. The first-order valence-electron chi connectivity index (χ1n) is 7.76. The number of ketones is 1. The van der Waals surface area contributed by atoms with Gasteiger partial charge in [0.1, 0.15) is 12.0 Å². The van der Waals surface area contributed by atoms with E-state index in [0.29, 0.717) is 30.5 Å². The summed E-state index contributed by atoms with van der Waals surface area (Å²) >= 11 is -2.06. The molecule has 3 rings (SSSR count). The first-order valence-corrected chi connectivity index (χ1v) is 8.86. The molecule has 3 unspecified atom stereocenters. The third-order valence-electron chi connectivity index (χ3n) is 4.01. The van der Waals surface area contributed by atoms with E-state index in [1.807, 2.05) is 0 Å². The summed E-state index contributed by atoms with van der Waals surface area (Å²) in [5, 5.41) is 10.8. The Bertz CT molecular complexity index is 794. The molecule has 7 nitrogen and oxygen atoms in total. The number of aryl methyl sites for hydroxylation is 1. The number of carbonyl (C=O) groups excluding carboxylic acids is 1. The van der Waals surface area contributed by atoms with Crippen molar-refractivity contribution in [1.29, 1.82) is 0 Å². The van der Waals surface area contributed by atoms with Crippen molar-refractivity contribution in [2.24, 2.45) is 16.1 Å². The minimum absolute atomic E-state index is 0.208. The van der Waals surface area contributed by atoms with Crippen molar-refractivity contribution < 1.29 is 17.9 Å². The van der Waals surface area contributed by atoms with E-state index in [2.05, 4.69) is 20.3 Å². The predicted molar refractivity (Wildman–Crippen MR) is 90.3 cm³/mol. The van der Waals surface area contributed by atoms with Crippen LogP contribution in [0.15, 0.2) is 52.5 Å². The van der Waals surface area contributed by atoms with Gasteiger partial charge in [-0.25, -0.2) is 13.3 Å². The number of benzene rings is 1. The van der Waals surface area contributed by atoms with E-state index in [9.17, 15) is 13.4 Å². The summed E-state index contributed by atoms with van der Waals surface area (Å²) in [5.41, 5.74) is 1.46. The molecule has 0 spiro atoms. The van der Waals surface area contributed by atoms with Crippen LogP contribution in [0.4, 0.5) is 4.39 Å². The SMILES string of the molecule is O=C(C1=CNC2N=NC=CC12)c1cc(F)cc(CCCNS(=O)O)c1. The number of Topliss-reactive ketones (excluding diaryl/α,β-unsaturated/α-hetero) is 1. The summed E-state index contributed by atoms with van der Waals surface area (Å²) in [6, 6.07) is 4.24. The zero-order valence-electron chi connectivity index (χ0n) is 13.2. The fraction of sp³-hybridized carbons (Fsp3) is 0.312. The fourth-order valence-electron chi connectivity index (χ4n) is 2.86. The van der Waals surface area contributed by atoms with E-state index in [4.69, 9.17) is 4.55 Å². The molecule has 0 saturated heterocycles. The van der Waals surface area contributed by atoms with Crippen LogP contribution in [0.25, 0.3) is 0 Å². The van der Waals surface area contributed by atoms with E-state index in [1.165, 1.54) is 12.1 Å². The van der Waals surface area contributed by atoms with Gasteiger partial charge in [0, 0.05) is 30.1 Å². The van der Waals surface area contributed by atoms with Gasteiger partial charge in [-0.2, -0.15) is 10.2 Å². The Morgan fingerprint density at radius 2 is 2.24 bits per heavy atom. The minimum atomic E-state index is -2.06. The Morgan fingerprint density at radius 1 is 1.40 bits per heavy atom. The van der Waals surface area contributed by atoms with E-state index < -0.39 is 17.1 Å². The van der Waals surface area contributed by atoms with Crippen LogP contribution in [-0.2, 0) is 17.7 Å². The highest BCUT2D eigenvalue weighted by Crippen LogP contribution is 2.29. The highest BCUT2D eigenvalue weighted by molar-refractivity contribution is 7.77. The highest BCUT2D eigenvalue weighted by atomic mass is 32.2. The molecular weight excluding hydrogens is 347 g/mol. The minimum Gasteiger partial charge on any atom is -0.367 e.